The first-order chi connectivity index (χ1) is 29.3. The smallest absolute Gasteiger partial charge is 0.143 e. The van der Waals surface area contributed by atoms with Gasteiger partial charge in [0.25, 0.3) is 0 Å². The normalized spacial score (nSPS) is 11.7. The van der Waals surface area contributed by atoms with E-state index in [0.29, 0.717) is 0 Å². The lowest BCUT2D eigenvalue weighted by molar-refractivity contribution is 0.670. The van der Waals surface area contributed by atoms with E-state index in [9.17, 15) is 0 Å². The van der Waals surface area contributed by atoms with Gasteiger partial charge >= 0.3 is 0 Å². The van der Waals surface area contributed by atoms with Gasteiger partial charge in [0.05, 0.1) is 28.1 Å². The fourth-order valence-corrected chi connectivity index (χ4v) is 9.31. The van der Waals surface area contributed by atoms with Crippen molar-refractivity contribution in [1.82, 2.24) is 4.57 Å². The molecule has 0 saturated heterocycles. The van der Waals surface area contributed by atoms with Crippen LogP contribution in [0.2, 0.25) is 0 Å². The molecule has 0 aliphatic heterocycles. The van der Waals surface area contributed by atoms with E-state index < -0.39 is 0 Å². The Hall–Kier alpha value is -7.88. The zero-order valence-corrected chi connectivity index (χ0v) is 32.1. The summed E-state index contributed by atoms with van der Waals surface area (Å²) in [6.07, 6.45) is 0. The molecule has 10 aromatic carbocycles. The van der Waals surface area contributed by atoms with Crippen molar-refractivity contribution in [2.45, 2.75) is 0 Å². The highest BCUT2D eigenvalue weighted by Gasteiger charge is 2.24. The average Bonchev–Trinajstić information content (AvgIpc) is 3.84. The van der Waals surface area contributed by atoms with Crippen LogP contribution in [0.15, 0.2) is 223 Å². The minimum absolute atomic E-state index is 0.880. The molecule has 12 rings (SSSR count). The maximum absolute atomic E-state index is 6.87. The van der Waals surface area contributed by atoms with Crippen LogP contribution in [0.3, 0.4) is 0 Å². The molecule has 0 unspecified atom stereocenters. The summed E-state index contributed by atoms with van der Waals surface area (Å²) in [6.45, 7) is 0. The second-order valence-corrected chi connectivity index (χ2v) is 15.3. The van der Waals surface area contributed by atoms with E-state index in [2.05, 4.69) is 228 Å². The van der Waals surface area contributed by atoms with Gasteiger partial charge in [0.2, 0.25) is 0 Å². The van der Waals surface area contributed by atoms with Crippen LogP contribution in [-0.4, -0.2) is 4.57 Å². The Kier molecular flexibility index (Phi) is 7.54. The summed E-state index contributed by atoms with van der Waals surface area (Å²) in [6, 6.07) is 78.8. The first kappa shape index (κ1) is 33.3. The lowest BCUT2D eigenvalue weighted by Crippen LogP contribution is -2.14. The molecule has 0 fully saturated rings. The third-order valence-corrected chi connectivity index (χ3v) is 11.9. The first-order valence-corrected chi connectivity index (χ1v) is 20.2. The van der Waals surface area contributed by atoms with Crippen molar-refractivity contribution >= 4 is 82.4 Å². The van der Waals surface area contributed by atoms with Crippen molar-refractivity contribution in [2.75, 3.05) is 4.90 Å². The molecule has 12 aromatic rings. The van der Waals surface area contributed by atoms with Crippen molar-refractivity contribution in [3.63, 3.8) is 0 Å². The molecular weight excluding hydrogens is 717 g/mol. The Morgan fingerprint density at radius 1 is 0.356 bits per heavy atom. The summed E-state index contributed by atoms with van der Waals surface area (Å²) in [4.78, 5) is 2.44. The molecule has 0 spiro atoms. The number of anilines is 3. The molecule has 0 radical (unpaired) electrons. The second-order valence-electron chi connectivity index (χ2n) is 15.3. The topological polar surface area (TPSA) is 21.3 Å². The number of hydrogen-bond acceptors (Lipinski definition) is 2. The zero-order valence-electron chi connectivity index (χ0n) is 32.1. The van der Waals surface area contributed by atoms with Crippen LogP contribution in [0.4, 0.5) is 17.1 Å². The van der Waals surface area contributed by atoms with Crippen LogP contribution in [0.25, 0.3) is 93.2 Å². The van der Waals surface area contributed by atoms with E-state index >= 15 is 0 Å². The van der Waals surface area contributed by atoms with Gasteiger partial charge in [-0.3, -0.25) is 0 Å². The van der Waals surface area contributed by atoms with Crippen LogP contribution in [0, 0.1) is 0 Å². The highest BCUT2D eigenvalue weighted by Crippen LogP contribution is 2.48. The van der Waals surface area contributed by atoms with Gasteiger partial charge in [0, 0.05) is 38.4 Å². The van der Waals surface area contributed by atoms with Crippen molar-refractivity contribution in [3.05, 3.63) is 218 Å². The van der Waals surface area contributed by atoms with Gasteiger partial charge in [-0.1, -0.05) is 164 Å². The summed E-state index contributed by atoms with van der Waals surface area (Å²) in [7, 11) is 0. The Labute approximate surface area is 341 Å². The van der Waals surface area contributed by atoms with E-state index in [0.717, 1.165) is 61.4 Å². The lowest BCUT2D eigenvalue weighted by Gasteiger charge is -2.30. The molecule has 0 aliphatic carbocycles. The SMILES string of the molecule is c1cc(-c2cccc3ccccc23)cc(N(c2ccccc2-c2cccc3c2oc2cc4ccccc4cc23)c2ccccc2-n2c3ccccc3c3ccccc32)c1. The molecule has 2 heterocycles. The largest absolute Gasteiger partial charge is 0.455 e. The lowest BCUT2D eigenvalue weighted by atomic mass is 9.96. The summed E-state index contributed by atoms with van der Waals surface area (Å²) < 4.78 is 9.29. The molecule has 2 aromatic heterocycles. The van der Waals surface area contributed by atoms with Gasteiger partial charge in [0.1, 0.15) is 11.2 Å². The number of hydrogen-bond donors (Lipinski definition) is 0. The molecule has 276 valence electrons. The quantitative estimate of drug-likeness (QED) is 0.169. The Bertz CT molecular complexity index is 3530. The van der Waals surface area contributed by atoms with E-state index in [-0.39, 0.29) is 0 Å². The Balaban J connectivity index is 1.14. The van der Waals surface area contributed by atoms with Crippen molar-refractivity contribution in [1.29, 1.82) is 0 Å². The summed E-state index contributed by atoms with van der Waals surface area (Å²) >= 11 is 0. The maximum Gasteiger partial charge on any atom is 0.143 e. The molecule has 0 atom stereocenters. The standard InChI is InChI=1S/C56H36N2O/c1-2-18-39-36-55-49(35-38(39)17-1)48-28-15-27-47(56(48)59-55)46-25-7-8-29-50(46)57(41-21-13-20-40(34-41)43-26-14-19-37-16-3-4-22-42(37)43)53-32-11-12-33-54(53)58-51-30-9-5-23-44(51)45-24-6-10-31-52(45)58/h1-36H. The van der Waals surface area contributed by atoms with Crippen LogP contribution in [-0.2, 0) is 0 Å². The van der Waals surface area contributed by atoms with Crippen molar-refractivity contribution in [2.24, 2.45) is 0 Å². The van der Waals surface area contributed by atoms with E-state index in [1.54, 1.807) is 0 Å². The van der Waals surface area contributed by atoms with Crippen LogP contribution >= 0.6 is 0 Å². The Morgan fingerprint density at radius 2 is 0.915 bits per heavy atom. The third-order valence-electron chi connectivity index (χ3n) is 11.9. The highest BCUT2D eigenvalue weighted by atomic mass is 16.3. The zero-order chi connectivity index (χ0) is 38.9. The fourth-order valence-electron chi connectivity index (χ4n) is 9.31. The highest BCUT2D eigenvalue weighted by molar-refractivity contribution is 6.14. The predicted octanol–water partition coefficient (Wildman–Crippen LogP) is 15.8. The molecule has 0 amide bonds. The number of benzene rings is 10. The van der Waals surface area contributed by atoms with Gasteiger partial charge < -0.3 is 13.9 Å². The minimum Gasteiger partial charge on any atom is -0.455 e. The molecule has 0 bridgehead atoms. The molecule has 3 nitrogen and oxygen atoms in total. The summed E-state index contributed by atoms with van der Waals surface area (Å²) in [5, 5.41) is 9.50. The molecule has 59 heavy (non-hydrogen) atoms. The minimum atomic E-state index is 0.880. The number of para-hydroxylation sites is 6. The molecule has 0 N–H and O–H groups in total. The van der Waals surface area contributed by atoms with Gasteiger partial charge in [-0.2, -0.15) is 0 Å². The Morgan fingerprint density at radius 3 is 1.73 bits per heavy atom. The van der Waals surface area contributed by atoms with Gasteiger partial charge in [0.15, 0.2) is 0 Å². The number of aromatic nitrogens is 1. The predicted molar refractivity (Wildman–Crippen MR) is 249 cm³/mol. The van der Waals surface area contributed by atoms with Crippen LogP contribution < -0.4 is 4.90 Å². The van der Waals surface area contributed by atoms with Crippen LogP contribution in [0.5, 0.6) is 0 Å². The molecular formula is C56H36N2O. The number of fused-ring (bicyclic) bond motifs is 8. The van der Waals surface area contributed by atoms with Gasteiger partial charge in [-0.15, -0.1) is 0 Å². The second kappa shape index (κ2) is 13.4. The van der Waals surface area contributed by atoms with Crippen molar-refractivity contribution in [3.8, 4) is 27.9 Å². The van der Waals surface area contributed by atoms with Gasteiger partial charge in [-0.25, -0.2) is 0 Å². The number of nitrogens with zero attached hydrogens (tertiary/aromatic N) is 2. The third kappa shape index (κ3) is 5.29. The van der Waals surface area contributed by atoms with E-state index in [4.69, 9.17) is 4.42 Å². The van der Waals surface area contributed by atoms with Crippen LogP contribution in [0.1, 0.15) is 0 Å². The maximum atomic E-state index is 6.87. The first-order valence-electron chi connectivity index (χ1n) is 20.2. The van der Waals surface area contributed by atoms with E-state index in [1.807, 2.05) is 0 Å². The molecule has 3 heteroatoms. The van der Waals surface area contributed by atoms with Gasteiger partial charge in [-0.05, 0) is 87.3 Å². The average molecular weight is 753 g/mol. The monoisotopic (exact) mass is 752 g/mol. The van der Waals surface area contributed by atoms with E-state index in [1.165, 1.54) is 48.9 Å². The molecule has 0 aliphatic rings. The fraction of sp³-hybridized carbons (Fsp3) is 0. The van der Waals surface area contributed by atoms with Crippen molar-refractivity contribution < 1.29 is 4.42 Å². The number of rotatable bonds is 6. The molecule has 0 saturated carbocycles. The summed E-state index contributed by atoms with van der Waals surface area (Å²) in [5.41, 5.74) is 12.8. The number of furan rings is 1. The summed E-state index contributed by atoms with van der Waals surface area (Å²) in [5.74, 6) is 0.